The highest BCUT2D eigenvalue weighted by atomic mass is 16.3. The van der Waals surface area contributed by atoms with E-state index in [9.17, 15) is 0 Å². The van der Waals surface area contributed by atoms with E-state index in [2.05, 4.69) is 6.04 Å². The Morgan fingerprint density at radius 1 is 1.44 bits per heavy atom. The van der Waals surface area contributed by atoms with Gasteiger partial charge in [-0.2, -0.15) is 0 Å². The Labute approximate surface area is 55.5 Å². The Hall–Kier alpha value is -0.680. The van der Waals surface area contributed by atoms with Crippen molar-refractivity contribution in [3.8, 4) is 12.5 Å². The van der Waals surface area contributed by atoms with E-state index in [0.29, 0.717) is 0 Å². The first-order valence-electron chi connectivity index (χ1n) is 3.22. The number of terminal acetylenes is 1. The lowest BCUT2D eigenvalue weighted by Gasteiger charge is -2.25. The minimum absolute atomic E-state index is 0.116. The van der Waals surface area contributed by atoms with Crippen LogP contribution in [-0.2, 0) is 0 Å². The summed E-state index contributed by atoms with van der Waals surface area (Å²) in [4.78, 5) is 1.90. The van der Waals surface area contributed by atoms with Gasteiger partial charge in [0.15, 0.2) is 0 Å². The third kappa shape index (κ3) is 1.62. The van der Waals surface area contributed by atoms with E-state index in [1.807, 2.05) is 4.90 Å². The van der Waals surface area contributed by atoms with E-state index in [1.165, 1.54) is 0 Å². The second kappa shape index (κ2) is 2.75. The fourth-order valence-corrected chi connectivity index (χ4v) is 0.995. The Bertz CT molecular complexity index is 119. The molecule has 2 nitrogen and oxygen atoms in total. The molecule has 2 heteroatoms. The largest absolute Gasteiger partial charge is 0.393 e. The number of hydrogen-bond acceptors (Lipinski definition) is 2. The van der Waals surface area contributed by atoms with Crippen LogP contribution in [0.4, 0.5) is 0 Å². The molecule has 0 aromatic rings. The first-order chi connectivity index (χ1) is 4.33. The third-order valence-corrected chi connectivity index (χ3v) is 1.65. The summed E-state index contributed by atoms with van der Waals surface area (Å²) in [7, 11) is 0. The number of aliphatic hydroxyl groups excluding tert-OH is 1. The zero-order valence-electron chi connectivity index (χ0n) is 5.38. The summed E-state index contributed by atoms with van der Waals surface area (Å²) in [5.74, 6) is 0. The Kier molecular flexibility index (Phi) is 1.96. The first-order valence-corrected chi connectivity index (χ1v) is 3.22. The van der Waals surface area contributed by atoms with Crippen LogP contribution in [-0.4, -0.2) is 29.2 Å². The quantitative estimate of drug-likeness (QED) is 0.462. The molecule has 1 saturated heterocycles. The van der Waals surface area contributed by atoms with E-state index in [0.717, 1.165) is 25.9 Å². The minimum Gasteiger partial charge on any atom is -0.393 e. The van der Waals surface area contributed by atoms with E-state index >= 15 is 0 Å². The molecule has 1 N–H and O–H groups in total. The van der Waals surface area contributed by atoms with Gasteiger partial charge in [-0.3, -0.25) is 0 Å². The van der Waals surface area contributed by atoms with Gasteiger partial charge in [-0.25, -0.2) is 0 Å². The Balaban J connectivity index is 2.28. The SMILES string of the molecule is C#CN1CCC(O)CC1. The molecular weight excluding hydrogens is 114 g/mol. The zero-order chi connectivity index (χ0) is 6.69. The monoisotopic (exact) mass is 125 g/mol. The molecule has 1 rings (SSSR count). The fourth-order valence-electron chi connectivity index (χ4n) is 0.995. The maximum atomic E-state index is 9.03. The lowest BCUT2D eigenvalue weighted by atomic mass is 10.1. The zero-order valence-corrected chi connectivity index (χ0v) is 5.38. The standard InChI is InChI=1S/C7H11NO/c1-2-8-5-3-7(9)4-6-8/h1,7,9H,3-6H2. The average molecular weight is 125 g/mol. The van der Waals surface area contributed by atoms with Crippen LogP contribution in [0.25, 0.3) is 0 Å². The number of rotatable bonds is 0. The van der Waals surface area contributed by atoms with Crippen molar-refractivity contribution in [2.75, 3.05) is 13.1 Å². The smallest absolute Gasteiger partial charge is 0.0574 e. The molecule has 1 heterocycles. The highest BCUT2D eigenvalue weighted by Gasteiger charge is 2.13. The molecule has 0 radical (unpaired) electrons. The summed E-state index contributed by atoms with van der Waals surface area (Å²) in [5, 5.41) is 9.03. The predicted molar refractivity (Wildman–Crippen MR) is 35.6 cm³/mol. The molecule has 1 aliphatic heterocycles. The van der Waals surface area contributed by atoms with E-state index in [1.54, 1.807) is 0 Å². The van der Waals surface area contributed by atoms with Crippen molar-refractivity contribution in [1.82, 2.24) is 4.90 Å². The molecule has 0 unspecified atom stereocenters. The number of aliphatic hydroxyl groups is 1. The van der Waals surface area contributed by atoms with Gasteiger partial charge >= 0.3 is 0 Å². The van der Waals surface area contributed by atoms with Gasteiger partial charge in [0.1, 0.15) is 0 Å². The van der Waals surface area contributed by atoms with Gasteiger partial charge in [-0.05, 0) is 12.8 Å². The summed E-state index contributed by atoms with van der Waals surface area (Å²) in [6.07, 6.45) is 6.67. The summed E-state index contributed by atoms with van der Waals surface area (Å²) < 4.78 is 0. The topological polar surface area (TPSA) is 23.5 Å². The lowest BCUT2D eigenvalue weighted by molar-refractivity contribution is 0.106. The number of likely N-dealkylation sites (tertiary alicyclic amines) is 1. The van der Waals surface area contributed by atoms with Crippen LogP contribution in [0.3, 0.4) is 0 Å². The number of piperidine rings is 1. The highest BCUT2D eigenvalue weighted by Crippen LogP contribution is 2.07. The second-order valence-corrected chi connectivity index (χ2v) is 2.35. The van der Waals surface area contributed by atoms with Crippen LogP contribution < -0.4 is 0 Å². The molecule has 50 valence electrons. The minimum atomic E-state index is -0.116. The summed E-state index contributed by atoms with van der Waals surface area (Å²) in [6.45, 7) is 1.69. The molecule has 0 amide bonds. The predicted octanol–water partition coefficient (Wildman–Crippen LogP) is 0.0338. The Morgan fingerprint density at radius 3 is 2.44 bits per heavy atom. The summed E-state index contributed by atoms with van der Waals surface area (Å²) >= 11 is 0. The number of nitrogens with zero attached hydrogens (tertiary/aromatic N) is 1. The molecule has 9 heavy (non-hydrogen) atoms. The van der Waals surface area contributed by atoms with Gasteiger partial charge in [-0.1, -0.05) is 6.42 Å². The van der Waals surface area contributed by atoms with Crippen molar-refractivity contribution in [2.24, 2.45) is 0 Å². The van der Waals surface area contributed by atoms with Crippen LogP contribution >= 0.6 is 0 Å². The molecule has 0 saturated carbocycles. The van der Waals surface area contributed by atoms with E-state index in [-0.39, 0.29) is 6.10 Å². The van der Waals surface area contributed by atoms with Crippen molar-refractivity contribution in [3.05, 3.63) is 0 Å². The Morgan fingerprint density at radius 2 is 2.00 bits per heavy atom. The van der Waals surface area contributed by atoms with Crippen LogP contribution in [0.5, 0.6) is 0 Å². The molecule has 0 aliphatic carbocycles. The van der Waals surface area contributed by atoms with Crippen molar-refractivity contribution in [2.45, 2.75) is 18.9 Å². The van der Waals surface area contributed by atoms with Crippen LogP contribution in [0.2, 0.25) is 0 Å². The van der Waals surface area contributed by atoms with E-state index < -0.39 is 0 Å². The van der Waals surface area contributed by atoms with Crippen molar-refractivity contribution >= 4 is 0 Å². The van der Waals surface area contributed by atoms with Crippen molar-refractivity contribution < 1.29 is 5.11 Å². The van der Waals surface area contributed by atoms with Gasteiger partial charge in [0, 0.05) is 19.1 Å². The third-order valence-electron chi connectivity index (χ3n) is 1.65. The maximum absolute atomic E-state index is 9.03. The summed E-state index contributed by atoms with van der Waals surface area (Å²) in [6, 6.07) is 2.55. The normalized spacial score (nSPS) is 21.6. The molecule has 1 aliphatic rings. The fraction of sp³-hybridized carbons (Fsp3) is 0.714. The van der Waals surface area contributed by atoms with Crippen molar-refractivity contribution in [1.29, 1.82) is 0 Å². The van der Waals surface area contributed by atoms with Gasteiger partial charge in [0.25, 0.3) is 0 Å². The van der Waals surface area contributed by atoms with Gasteiger partial charge < -0.3 is 10.0 Å². The van der Waals surface area contributed by atoms with Gasteiger partial charge in [0.2, 0.25) is 0 Å². The molecule has 0 atom stereocenters. The molecule has 0 bridgehead atoms. The van der Waals surface area contributed by atoms with Crippen LogP contribution in [0, 0.1) is 12.5 Å². The molecule has 1 fully saturated rings. The lowest BCUT2D eigenvalue weighted by Crippen LogP contribution is -2.32. The van der Waals surface area contributed by atoms with Crippen LogP contribution in [0.1, 0.15) is 12.8 Å². The molecule has 0 aromatic carbocycles. The first kappa shape index (κ1) is 6.44. The average Bonchev–Trinajstić information content (AvgIpc) is 1.90. The van der Waals surface area contributed by atoms with Crippen LogP contribution in [0.15, 0.2) is 0 Å². The van der Waals surface area contributed by atoms with Gasteiger partial charge in [-0.15, -0.1) is 0 Å². The molecule has 0 aromatic heterocycles. The van der Waals surface area contributed by atoms with Gasteiger partial charge in [0.05, 0.1) is 6.10 Å². The number of hydrogen-bond donors (Lipinski definition) is 1. The second-order valence-electron chi connectivity index (χ2n) is 2.35. The maximum Gasteiger partial charge on any atom is 0.0574 e. The summed E-state index contributed by atoms with van der Waals surface area (Å²) in [5.41, 5.74) is 0. The highest BCUT2D eigenvalue weighted by molar-refractivity contribution is 4.87. The molecule has 0 spiro atoms. The van der Waals surface area contributed by atoms with E-state index in [4.69, 9.17) is 11.5 Å². The molecular formula is C7H11NO. The van der Waals surface area contributed by atoms with Crippen molar-refractivity contribution in [3.63, 3.8) is 0 Å².